The maximum atomic E-state index is 14.2. The van der Waals surface area contributed by atoms with Crippen molar-refractivity contribution in [2.24, 2.45) is 7.05 Å². The van der Waals surface area contributed by atoms with Gasteiger partial charge in [0, 0.05) is 34.5 Å². The number of benzene rings is 2. The Hall–Kier alpha value is -1.24. The van der Waals surface area contributed by atoms with Crippen LogP contribution in [0.4, 0.5) is 4.39 Å². The van der Waals surface area contributed by atoms with Crippen molar-refractivity contribution in [2.75, 3.05) is 20.6 Å². The maximum Gasteiger partial charge on any atom is 0.168 e. The first kappa shape index (κ1) is 24.4. The Balaban J connectivity index is 1.95. The van der Waals surface area contributed by atoms with Crippen molar-refractivity contribution >= 4 is 46.6 Å². The summed E-state index contributed by atoms with van der Waals surface area (Å²) in [4.78, 5) is 6.79. The second-order valence-corrected chi connectivity index (χ2v) is 10.2. The van der Waals surface area contributed by atoms with Crippen molar-refractivity contribution in [2.45, 2.75) is 29.7 Å². The lowest BCUT2D eigenvalue weighted by Gasteiger charge is -2.32. The Kier molecular flexibility index (Phi) is 7.98. The highest BCUT2D eigenvalue weighted by Gasteiger charge is 2.33. The molecule has 1 aromatic heterocycles. The van der Waals surface area contributed by atoms with E-state index >= 15 is 0 Å². The first-order valence-corrected chi connectivity index (χ1v) is 11.9. The average Bonchev–Trinajstić information content (AvgIpc) is 3.09. The number of halogens is 4. The van der Waals surface area contributed by atoms with Crippen LogP contribution in [-0.4, -0.2) is 35.1 Å². The van der Waals surface area contributed by atoms with Crippen LogP contribution in [0.2, 0.25) is 15.1 Å². The Bertz CT molecular complexity index is 1050. The van der Waals surface area contributed by atoms with Crippen molar-refractivity contribution in [3.05, 3.63) is 80.3 Å². The quantitative estimate of drug-likeness (QED) is 0.309. The number of hydrogen-bond acceptors (Lipinski definition) is 3. The van der Waals surface area contributed by atoms with Crippen molar-refractivity contribution in [1.82, 2.24) is 14.5 Å². The highest BCUT2D eigenvalue weighted by molar-refractivity contribution is 7.98. The van der Waals surface area contributed by atoms with Gasteiger partial charge in [0.05, 0.1) is 16.2 Å². The molecular formula is C23H25Cl3FN3S. The summed E-state index contributed by atoms with van der Waals surface area (Å²) in [6, 6.07) is 10.5. The van der Waals surface area contributed by atoms with Gasteiger partial charge in [-0.3, -0.25) is 0 Å². The Morgan fingerprint density at radius 1 is 1.10 bits per heavy atom. The van der Waals surface area contributed by atoms with E-state index in [1.807, 2.05) is 31.4 Å². The molecule has 0 radical (unpaired) electrons. The smallest absolute Gasteiger partial charge is 0.168 e. The van der Waals surface area contributed by atoms with Crippen LogP contribution in [0, 0.1) is 5.82 Å². The monoisotopic (exact) mass is 499 g/mol. The number of hydrogen-bond donors (Lipinski definition) is 0. The van der Waals surface area contributed by atoms with E-state index in [0.717, 1.165) is 29.4 Å². The van der Waals surface area contributed by atoms with Crippen molar-refractivity contribution in [1.29, 1.82) is 0 Å². The van der Waals surface area contributed by atoms with Gasteiger partial charge in [-0.25, -0.2) is 9.37 Å². The fourth-order valence-corrected chi connectivity index (χ4v) is 5.15. The molecule has 1 heterocycles. The van der Waals surface area contributed by atoms with Crippen LogP contribution in [0.3, 0.4) is 0 Å². The van der Waals surface area contributed by atoms with Crippen molar-refractivity contribution in [3.8, 4) is 0 Å². The van der Waals surface area contributed by atoms with Crippen LogP contribution >= 0.6 is 46.6 Å². The second-order valence-electron chi connectivity index (χ2n) is 7.99. The molecule has 1 unspecified atom stereocenters. The van der Waals surface area contributed by atoms with Crippen LogP contribution in [0.15, 0.2) is 47.8 Å². The largest absolute Gasteiger partial charge is 0.325 e. The Morgan fingerprint density at radius 2 is 1.84 bits per heavy atom. The van der Waals surface area contributed by atoms with E-state index in [0.29, 0.717) is 26.4 Å². The fraction of sp³-hybridized carbons (Fsp3) is 0.348. The summed E-state index contributed by atoms with van der Waals surface area (Å²) < 4.78 is 16.2. The summed E-state index contributed by atoms with van der Waals surface area (Å²) in [5.74, 6) is 0.0952. The zero-order valence-corrected chi connectivity index (χ0v) is 21.0. The number of aromatic nitrogens is 2. The minimum atomic E-state index is -0.339. The third-order valence-corrected chi connectivity index (χ3v) is 7.70. The summed E-state index contributed by atoms with van der Waals surface area (Å²) in [7, 11) is 6.09. The van der Waals surface area contributed by atoms with Gasteiger partial charge in [-0.05, 0) is 63.8 Å². The van der Waals surface area contributed by atoms with Crippen LogP contribution in [0.5, 0.6) is 0 Å². The third-order valence-electron chi connectivity index (χ3n) is 5.53. The number of rotatable bonds is 8. The molecule has 2 aromatic carbocycles. The van der Waals surface area contributed by atoms with E-state index in [4.69, 9.17) is 34.8 Å². The van der Waals surface area contributed by atoms with E-state index < -0.39 is 0 Å². The molecule has 3 aromatic rings. The van der Waals surface area contributed by atoms with Crippen molar-refractivity contribution < 1.29 is 4.39 Å². The molecule has 0 aliphatic carbocycles. The summed E-state index contributed by atoms with van der Waals surface area (Å²) in [5, 5.41) is 2.28. The third kappa shape index (κ3) is 5.40. The van der Waals surface area contributed by atoms with E-state index in [1.165, 1.54) is 17.8 Å². The van der Waals surface area contributed by atoms with Gasteiger partial charge in [0.15, 0.2) is 5.16 Å². The minimum absolute atomic E-state index is 0.305. The maximum absolute atomic E-state index is 14.2. The molecule has 0 saturated heterocycles. The molecule has 0 spiro atoms. The molecule has 0 amide bonds. The molecule has 0 aliphatic heterocycles. The van der Waals surface area contributed by atoms with Crippen molar-refractivity contribution in [3.63, 3.8) is 0 Å². The molecule has 0 bridgehead atoms. The zero-order chi connectivity index (χ0) is 22.8. The molecule has 1 atom stereocenters. The molecule has 0 aliphatic rings. The summed E-state index contributed by atoms with van der Waals surface area (Å²) in [6.07, 6.45) is 2.75. The predicted octanol–water partition coefficient (Wildman–Crippen LogP) is 7.07. The van der Waals surface area contributed by atoms with Crippen LogP contribution in [-0.2, 0) is 18.2 Å². The SMILES string of the molecule is CN(C)CCC(C)(c1ccc(Cl)c(Cl)c1)c1cnc(SCc2c(F)cccc2Cl)n1C. The molecule has 31 heavy (non-hydrogen) atoms. The van der Waals surface area contributed by atoms with Gasteiger partial charge in [-0.2, -0.15) is 0 Å². The van der Waals surface area contributed by atoms with E-state index in [2.05, 4.69) is 35.5 Å². The Labute approximate surface area is 202 Å². The molecule has 0 N–H and O–H groups in total. The molecule has 166 valence electrons. The number of imidazole rings is 1. The van der Waals surface area contributed by atoms with Gasteiger partial charge in [0.1, 0.15) is 5.82 Å². The number of nitrogens with zero attached hydrogens (tertiary/aromatic N) is 3. The van der Waals surface area contributed by atoms with Gasteiger partial charge in [0.2, 0.25) is 0 Å². The van der Waals surface area contributed by atoms with Gasteiger partial charge < -0.3 is 9.47 Å². The lowest BCUT2D eigenvalue weighted by Crippen LogP contribution is -2.31. The highest BCUT2D eigenvalue weighted by Crippen LogP contribution is 2.39. The Morgan fingerprint density at radius 3 is 2.48 bits per heavy atom. The normalized spacial score (nSPS) is 13.6. The van der Waals surface area contributed by atoms with Gasteiger partial charge in [-0.1, -0.05) is 58.7 Å². The predicted molar refractivity (Wildman–Crippen MR) is 130 cm³/mol. The lowest BCUT2D eigenvalue weighted by atomic mass is 9.76. The minimum Gasteiger partial charge on any atom is -0.325 e. The summed E-state index contributed by atoms with van der Waals surface area (Å²) in [5.41, 5.74) is 2.27. The van der Waals surface area contributed by atoms with Crippen LogP contribution in [0.25, 0.3) is 0 Å². The van der Waals surface area contributed by atoms with E-state index in [1.54, 1.807) is 12.1 Å². The van der Waals surface area contributed by atoms with Gasteiger partial charge in [-0.15, -0.1) is 0 Å². The fourth-order valence-electron chi connectivity index (χ4n) is 3.55. The second kappa shape index (κ2) is 10.1. The molecule has 8 heteroatoms. The highest BCUT2D eigenvalue weighted by atomic mass is 35.5. The first-order valence-electron chi connectivity index (χ1n) is 9.81. The van der Waals surface area contributed by atoms with Crippen LogP contribution < -0.4 is 0 Å². The average molecular weight is 501 g/mol. The standard InChI is InChI=1S/C23H25Cl3FN3S/c1-23(10-11-29(2)3,15-8-9-18(25)19(26)12-15)21-13-28-22(30(21)4)31-14-16-17(24)6-5-7-20(16)27/h5-9,12-13H,10-11,14H2,1-4H3. The molecule has 0 fully saturated rings. The first-order chi connectivity index (χ1) is 14.6. The molecule has 3 rings (SSSR count). The van der Waals surface area contributed by atoms with E-state index in [9.17, 15) is 4.39 Å². The molecule has 0 saturated carbocycles. The van der Waals surface area contributed by atoms with Gasteiger partial charge in [0.25, 0.3) is 0 Å². The van der Waals surface area contributed by atoms with Gasteiger partial charge >= 0.3 is 0 Å². The molecular weight excluding hydrogens is 476 g/mol. The number of thioether (sulfide) groups is 1. The summed E-state index contributed by atoms with van der Waals surface area (Å²) >= 11 is 20.2. The molecule has 3 nitrogen and oxygen atoms in total. The zero-order valence-electron chi connectivity index (χ0n) is 17.9. The topological polar surface area (TPSA) is 21.1 Å². The van der Waals surface area contributed by atoms with E-state index in [-0.39, 0.29) is 11.2 Å². The van der Waals surface area contributed by atoms with Crippen LogP contribution in [0.1, 0.15) is 30.2 Å². The lowest BCUT2D eigenvalue weighted by molar-refractivity contribution is 0.347. The summed E-state index contributed by atoms with van der Waals surface area (Å²) in [6.45, 7) is 3.07.